The van der Waals surface area contributed by atoms with Crippen LogP contribution >= 0.6 is 0 Å². The molecule has 1 saturated carbocycles. The number of carbonyl (C=O) groups is 1. The molecule has 1 atom stereocenters. The maximum Gasteiger partial charge on any atom is 0.401 e. The average Bonchev–Trinajstić information content (AvgIpc) is 2.94. The molecule has 0 aromatic rings. The second-order valence-electron chi connectivity index (χ2n) is 3.94. The van der Waals surface area contributed by atoms with Crippen LogP contribution in [0.5, 0.6) is 0 Å². The van der Waals surface area contributed by atoms with Crippen molar-refractivity contribution in [2.24, 2.45) is 5.92 Å². The van der Waals surface area contributed by atoms with Gasteiger partial charge in [0.2, 0.25) is 0 Å². The van der Waals surface area contributed by atoms with Gasteiger partial charge in [0.1, 0.15) is 5.54 Å². The van der Waals surface area contributed by atoms with Gasteiger partial charge in [0.05, 0.1) is 13.7 Å². The van der Waals surface area contributed by atoms with Gasteiger partial charge in [-0.1, -0.05) is 0 Å². The van der Waals surface area contributed by atoms with E-state index < -0.39 is 24.2 Å². The Bertz CT molecular complexity index is 250. The van der Waals surface area contributed by atoms with E-state index in [-0.39, 0.29) is 5.92 Å². The highest BCUT2D eigenvalue weighted by Gasteiger charge is 2.49. The molecule has 0 radical (unpaired) electrons. The van der Waals surface area contributed by atoms with Gasteiger partial charge in [0, 0.05) is 0 Å². The quantitative estimate of drug-likeness (QED) is 0.736. The van der Waals surface area contributed by atoms with Crippen LogP contribution in [0.4, 0.5) is 13.2 Å². The minimum atomic E-state index is -4.32. The summed E-state index contributed by atoms with van der Waals surface area (Å²) in [6.45, 7) is 0.289. The molecule has 1 rings (SSSR count). The Hall–Kier alpha value is -0.780. The molecule has 1 aliphatic carbocycles. The number of hydrogen-bond donors (Lipinski definition) is 1. The van der Waals surface area contributed by atoms with Gasteiger partial charge in [-0.3, -0.25) is 10.1 Å². The van der Waals surface area contributed by atoms with Crippen LogP contribution in [0, 0.1) is 5.92 Å². The van der Waals surface area contributed by atoms with E-state index in [2.05, 4.69) is 10.1 Å². The number of hydrogen-bond acceptors (Lipinski definition) is 3. The number of carbonyl (C=O) groups excluding carboxylic acids is 1. The fourth-order valence-corrected chi connectivity index (χ4v) is 1.54. The lowest BCUT2D eigenvalue weighted by atomic mass is 9.96. The van der Waals surface area contributed by atoms with Gasteiger partial charge in [0.15, 0.2) is 0 Å². The molecule has 0 saturated heterocycles. The summed E-state index contributed by atoms with van der Waals surface area (Å²) in [5.74, 6) is -0.679. The summed E-state index contributed by atoms with van der Waals surface area (Å²) < 4.78 is 40.6. The van der Waals surface area contributed by atoms with Crippen molar-refractivity contribution in [1.29, 1.82) is 0 Å². The van der Waals surface area contributed by atoms with Gasteiger partial charge in [-0.05, 0) is 25.7 Å². The largest absolute Gasteiger partial charge is 0.468 e. The maximum atomic E-state index is 12.0. The molecule has 15 heavy (non-hydrogen) atoms. The van der Waals surface area contributed by atoms with Crippen molar-refractivity contribution in [3.8, 4) is 0 Å². The zero-order valence-electron chi connectivity index (χ0n) is 8.65. The van der Waals surface area contributed by atoms with E-state index in [0.717, 1.165) is 12.8 Å². The van der Waals surface area contributed by atoms with E-state index in [0.29, 0.717) is 0 Å². The standard InChI is InChI=1S/C9H14F3NO2/c1-8(6-3-4-6,7(14)15-2)13-5-9(10,11)12/h6,13H,3-5H2,1-2H3. The first-order valence-corrected chi connectivity index (χ1v) is 4.70. The van der Waals surface area contributed by atoms with Crippen LogP contribution in [-0.2, 0) is 9.53 Å². The van der Waals surface area contributed by atoms with Crippen molar-refractivity contribution < 1.29 is 22.7 Å². The number of alkyl halides is 3. The Kier molecular flexibility index (Phi) is 3.28. The van der Waals surface area contributed by atoms with Gasteiger partial charge in [-0.25, -0.2) is 0 Å². The minimum absolute atomic E-state index is 0.0488. The monoisotopic (exact) mass is 225 g/mol. The lowest BCUT2D eigenvalue weighted by Gasteiger charge is -2.28. The molecule has 0 heterocycles. The maximum absolute atomic E-state index is 12.0. The summed E-state index contributed by atoms with van der Waals surface area (Å²) >= 11 is 0. The van der Waals surface area contributed by atoms with E-state index in [1.54, 1.807) is 0 Å². The number of rotatable bonds is 4. The molecule has 0 spiro atoms. The van der Waals surface area contributed by atoms with E-state index in [4.69, 9.17) is 0 Å². The molecule has 0 bridgehead atoms. The molecular formula is C9H14F3NO2. The molecule has 3 nitrogen and oxygen atoms in total. The van der Waals surface area contributed by atoms with Gasteiger partial charge >= 0.3 is 12.1 Å². The molecule has 6 heteroatoms. The second kappa shape index (κ2) is 4.00. The number of ether oxygens (including phenoxy) is 1. The predicted molar refractivity (Wildman–Crippen MR) is 47.2 cm³/mol. The van der Waals surface area contributed by atoms with Crippen LogP contribution in [0.1, 0.15) is 19.8 Å². The van der Waals surface area contributed by atoms with Crippen LogP contribution in [0.15, 0.2) is 0 Å². The highest BCUT2D eigenvalue weighted by Crippen LogP contribution is 2.40. The molecular weight excluding hydrogens is 211 g/mol. The zero-order chi connectivity index (χ0) is 11.7. The first kappa shape index (κ1) is 12.3. The third-order valence-electron chi connectivity index (χ3n) is 2.66. The summed E-state index contributed by atoms with van der Waals surface area (Å²) in [5, 5.41) is 2.25. The first-order valence-electron chi connectivity index (χ1n) is 4.70. The van der Waals surface area contributed by atoms with Crippen LogP contribution < -0.4 is 5.32 Å². The van der Waals surface area contributed by atoms with Crippen molar-refractivity contribution in [1.82, 2.24) is 5.32 Å². The first-order chi connectivity index (χ1) is 6.79. The molecule has 1 aliphatic rings. The van der Waals surface area contributed by atoms with E-state index in [1.165, 1.54) is 14.0 Å². The van der Waals surface area contributed by atoms with Crippen molar-refractivity contribution >= 4 is 5.97 Å². The smallest absolute Gasteiger partial charge is 0.401 e. The minimum Gasteiger partial charge on any atom is -0.468 e. The molecule has 0 amide bonds. The normalized spacial score (nSPS) is 20.9. The Balaban J connectivity index is 2.61. The molecule has 1 fully saturated rings. The van der Waals surface area contributed by atoms with E-state index in [1.807, 2.05) is 0 Å². The highest BCUT2D eigenvalue weighted by atomic mass is 19.4. The third kappa shape index (κ3) is 3.09. The van der Waals surface area contributed by atoms with Gasteiger partial charge in [0.25, 0.3) is 0 Å². The third-order valence-corrected chi connectivity index (χ3v) is 2.66. The number of halogens is 3. The van der Waals surface area contributed by atoms with Crippen molar-refractivity contribution in [2.45, 2.75) is 31.5 Å². The summed E-state index contributed by atoms with van der Waals surface area (Å²) in [6.07, 6.45) is -2.79. The molecule has 0 aliphatic heterocycles. The molecule has 0 aromatic carbocycles. The summed E-state index contributed by atoms with van der Waals surface area (Å²) in [4.78, 5) is 11.4. The fraction of sp³-hybridized carbons (Fsp3) is 0.889. The van der Waals surface area contributed by atoms with Crippen molar-refractivity contribution in [3.05, 3.63) is 0 Å². The Labute approximate surface area is 86.0 Å². The highest BCUT2D eigenvalue weighted by molar-refractivity contribution is 5.81. The second-order valence-corrected chi connectivity index (χ2v) is 3.94. The summed E-state index contributed by atoms with van der Waals surface area (Å²) in [5.41, 5.74) is -1.20. The Morgan fingerprint density at radius 3 is 2.33 bits per heavy atom. The molecule has 1 N–H and O–H groups in total. The van der Waals surface area contributed by atoms with Crippen molar-refractivity contribution in [2.75, 3.05) is 13.7 Å². The van der Waals surface area contributed by atoms with Crippen molar-refractivity contribution in [3.63, 3.8) is 0 Å². The lowest BCUT2D eigenvalue weighted by Crippen LogP contribution is -2.54. The summed E-state index contributed by atoms with van der Waals surface area (Å²) in [7, 11) is 1.18. The Morgan fingerprint density at radius 1 is 1.47 bits per heavy atom. The van der Waals surface area contributed by atoms with Crippen LogP contribution in [0.3, 0.4) is 0 Å². The van der Waals surface area contributed by atoms with Crippen LogP contribution in [0.2, 0.25) is 0 Å². The topological polar surface area (TPSA) is 38.3 Å². The van der Waals surface area contributed by atoms with Gasteiger partial charge < -0.3 is 4.74 Å². The van der Waals surface area contributed by atoms with Gasteiger partial charge in [-0.2, -0.15) is 13.2 Å². The molecule has 88 valence electrons. The summed E-state index contributed by atoms with van der Waals surface area (Å²) in [6, 6.07) is 0. The number of methoxy groups -OCH3 is 1. The van der Waals surface area contributed by atoms with Gasteiger partial charge in [-0.15, -0.1) is 0 Å². The molecule has 1 unspecified atom stereocenters. The van der Waals surface area contributed by atoms with E-state index in [9.17, 15) is 18.0 Å². The van der Waals surface area contributed by atoms with E-state index >= 15 is 0 Å². The predicted octanol–water partition coefficient (Wildman–Crippen LogP) is 1.48. The molecule has 0 aromatic heterocycles. The lowest BCUT2D eigenvalue weighted by molar-refractivity contribution is -0.153. The van der Waals surface area contributed by atoms with Crippen LogP contribution in [-0.4, -0.2) is 31.3 Å². The Morgan fingerprint density at radius 2 is 2.00 bits per heavy atom. The number of nitrogens with one attached hydrogen (secondary N) is 1. The van der Waals surface area contributed by atoms with Crippen LogP contribution in [0.25, 0.3) is 0 Å². The fourth-order valence-electron chi connectivity index (χ4n) is 1.54. The SMILES string of the molecule is COC(=O)C(C)(NCC(F)(F)F)C1CC1. The zero-order valence-corrected chi connectivity index (χ0v) is 8.65. The average molecular weight is 225 g/mol. The number of esters is 1.